The summed E-state index contributed by atoms with van der Waals surface area (Å²) in [5.41, 5.74) is 6.60. The Hall–Kier alpha value is -1.60. The van der Waals surface area contributed by atoms with E-state index < -0.39 is 17.5 Å². The lowest BCUT2D eigenvalue weighted by molar-refractivity contribution is 0.448. The third kappa shape index (κ3) is 3.10. The second-order valence-electron chi connectivity index (χ2n) is 3.93. The smallest absolute Gasteiger partial charge is 0.194 e. The van der Waals surface area contributed by atoms with Crippen LogP contribution in [-0.2, 0) is 0 Å². The highest BCUT2D eigenvalue weighted by Crippen LogP contribution is 2.26. The first-order valence-electron chi connectivity index (χ1n) is 5.39. The molecule has 2 aromatic carbocycles. The van der Waals surface area contributed by atoms with E-state index in [0.717, 1.165) is 16.6 Å². The van der Waals surface area contributed by atoms with Gasteiger partial charge in [0.15, 0.2) is 17.5 Å². The Morgan fingerprint density at radius 2 is 1.70 bits per heavy atom. The number of benzene rings is 2. The Morgan fingerprint density at radius 1 is 1.10 bits per heavy atom. The number of halogens is 4. The molecule has 20 heavy (non-hydrogen) atoms. The van der Waals surface area contributed by atoms with E-state index in [2.05, 4.69) is 21.2 Å². The largest absolute Gasteiger partial charge is 0.389 e. The molecule has 0 saturated heterocycles. The zero-order valence-corrected chi connectivity index (χ0v) is 12.3. The Kier molecular flexibility index (Phi) is 4.29. The van der Waals surface area contributed by atoms with Crippen molar-refractivity contribution in [2.45, 2.75) is 0 Å². The first-order chi connectivity index (χ1) is 9.38. The monoisotopic (exact) mass is 360 g/mol. The molecule has 104 valence electrons. The molecule has 7 heteroatoms. The summed E-state index contributed by atoms with van der Waals surface area (Å²) in [5, 5.41) is 2.75. The van der Waals surface area contributed by atoms with Gasteiger partial charge in [-0.15, -0.1) is 0 Å². The third-order valence-electron chi connectivity index (χ3n) is 2.51. The molecular formula is C13H8BrF3N2S. The van der Waals surface area contributed by atoms with Crippen LogP contribution in [0.1, 0.15) is 5.56 Å². The van der Waals surface area contributed by atoms with Crippen LogP contribution in [0.15, 0.2) is 34.8 Å². The van der Waals surface area contributed by atoms with E-state index in [9.17, 15) is 13.2 Å². The van der Waals surface area contributed by atoms with Crippen LogP contribution in [0.4, 0.5) is 24.5 Å². The standard InChI is InChI=1S/C13H8BrF3N2S/c14-6-1-2-11(8(3-6)13(18)20)19-7-4-9(15)12(17)10(16)5-7/h1-5,19H,(H2,18,20). The summed E-state index contributed by atoms with van der Waals surface area (Å²) in [6, 6.07) is 6.71. The van der Waals surface area contributed by atoms with Crippen molar-refractivity contribution in [1.29, 1.82) is 0 Å². The van der Waals surface area contributed by atoms with Gasteiger partial charge in [-0.2, -0.15) is 0 Å². The van der Waals surface area contributed by atoms with Crippen molar-refractivity contribution in [3.05, 3.63) is 57.8 Å². The average molecular weight is 361 g/mol. The molecule has 0 aliphatic heterocycles. The minimum atomic E-state index is -1.51. The number of hydrogen-bond donors (Lipinski definition) is 2. The number of nitrogens with one attached hydrogen (secondary N) is 1. The van der Waals surface area contributed by atoms with Crippen molar-refractivity contribution in [1.82, 2.24) is 0 Å². The van der Waals surface area contributed by atoms with Crippen LogP contribution in [0, 0.1) is 17.5 Å². The quantitative estimate of drug-likeness (QED) is 0.634. The second-order valence-corrected chi connectivity index (χ2v) is 5.29. The average Bonchev–Trinajstić information content (AvgIpc) is 2.37. The molecule has 0 radical (unpaired) electrons. The van der Waals surface area contributed by atoms with Crippen LogP contribution in [-0.4, -0.2) is 4.99 Å². The zero-order valence-electron chi connectivity index (χ0n) is 9.88. The molecule has 0 unspecified atom stereocenters. The van der Waals surface area contributed by atoms with E-state index in [4.69, 9.17) is 18.0 Å². The Labute approximate surface area is 126 Å². The molecule has 0 bridgehead atoms. The highest BCUT2D eigenvalue weighted by atomic mass is 79.9. The molecule has 2 aromatic rings. The fourth-order valence-corrected chi connectivity index (χ4v) is 2.14. The summed E-state index contributed by atoms with van der Waals surface area (Å²) >= 11 is 8.18. The van der Waals surface area contributed by atoms with Gasteiger partial charge in [-0.25, -0.2) is 13.2 Å². The van der Waals surface area contributed by atoms with Gasteiger partial charge < -0.3 is 11.1 Å². The lowest BCUT2D eigenvalue weighted by Crippen LogP contribution is -2.12. The minimum absolute atomic E-state index is 0.0567. The number of nitrogens with two attached hydrogens (primary N) is 1. The van der Waals surface area contributed by atoms with E-state index in [1.807, 2.05) is 0 Å². The molecule has 0 aliphatic rings. The highest BCUT2D eigenvalue weighted by molar-refractivity contribution is 9.10. The Bertz CT molecular complexity index is 668. The summed E-state index contributed by atoms with van der Waals surface area (Å²) in [5.74, 6) is -4.07. The maximum atomic E-state index is 13.2. The summed E-state index contributed by atoms with van der Waals surface area (Å²) in [6.07, 6.45) is 0. The van der Waals surface area contributed by atoms with Gasteiger partial charge in [0.2, 0.25) is 0 Å². The van der Waals surface area contributed by atoms with Crippen molar-refractivity contribution in [2.24, 2.45) is 5.73 Å². The van der Waals surface area contributed by atoms with Gasteiger partial charge >= 0.3 is 0 Å². The van der Waals surface area contributed by atoms with Gasteiger partial charge in [0.05, 0.1) is 0 Å². The predicted octanol–water partition coefficient (Wildman–Crippen LogP) is 4.24. The lowest BCUT2D eigenvalue weighted by Gasteiger charge is -2.12. The van der Waals surface area contributed by atoms with E-state index in [1.54, 1.807) is 18.2 Å². The second kappa shape index (κ2) is 5.80. The summed E-state index contributed by atoms with van der Waals surface area (Å²) in [4.78, 5) is 0.122. The van der Waals surface area contributed by atoms with Crippen LogP contribution in [0.2, 0.25) is 0 Å². The number of rotatable bonds is 3. The molecule has 0 aliphatic carbocycles. The van der Waals surface area contributed by atoms with E-state index in [0.29, 0.717) is 11.3 Å². The molecule has 2 rings (SSSR count). The van der Waals surface area contributed by atoms with Crippen molar-refractivity contribution < 1.29 is 13.2 Å². The fourth-order valence-electron chi connectivity index (χ4n) is 1.61. The molecule has 0 amide bonds. The molecule has 0 aromatic heterocycles. The van der Waals surface area contributed by atoms with Gasteiger partial charge in [0.25, 0.3) is 0 Å². The van der Waals surface area contributed by atoms with Gasteiger partial charge in [-0.1, -0.05) is 28.1 Å². The fraction of sp³-hybridized carbons (Fsp3) is 0. The van der Waals surface area contributed by atoms with E-state index >= 15 is 0 Å². The molecule has 2 nitrogen and oxygen atoms in total. The summed E-state index contributed by atoms with van der Waals surface area (Å²) < 4.78 is 39.9. The molecule has 0 heterocycles. The van der Waals surface area contributed by atoms with Crippen molar-refractivity contribution in [3.8, 4) is 0 Å². The van der Waals surface area contributed by atoms with Crippen LogP contribution in [0.3, 0.4) is 0 Å². The maximum Gasteiger partial charge on any atom is 0.194 e. The van der Waals surface area contributed by atoms with Crippen molar-refractivity contribution in [3.63, 3.8) is 0 Å². The van der Waals surface area contributed by atoms with E-state index in [-0.39, 0.29) is 10.7 Å². The molecule has 3 N–H and O–H groups in total. The van der Waals surface area contributed by atoms with Crippen LogP contribution in [0.5, 0.6) is 0 Å². The first kappa shape index (κ1) is 14.8. The van der Waals surface area contributed by atoms with E-state index in [1.165, 1.54) is 0 Å². The van der Waals surface area contributed by atoms with Crippen LogP contribution in [0.25, 0.3) is 0 Å². The van der Waals surface area contributed by atoms with Crippen molar-refractivity contribution in [2.75, 3.05) is 5.32 Å². The van der Waals surface area contributed by atoms with Crippen molar-refractivity contribution >= 4 is 44.5 Å². The Balaban J connectivity index is 2.42. The first-order valence-corrected chi connectivity index (χ1v) is 6.59. The normalized spacial score (nSPS) is 10.4. The number of anilines is 2. The number of thiocarbonyl (C=S) groups is 1. The lowest BCUT2D eigenvalue weighted by atomic mass is 10.1. The van der Waals surface area contributed by atoms with Crippen LogP contribution >= 0.6 is 28.1 Å². The molecular weight excluding hydrogens is 353 g/mol. The number of hydrogen-bond acceptors (Lipinski definition) is 2. The topological polar surface area (TPSA) is 38.0 Å². The SMILES string of the molecule is NC(=S)c1cc(Br)ccc1Nc1cc(F)c(F)c(F)c1. The Morgan fingerprint density at radius 3 is 2.25 bits per heavy atom. The van der Waals surface area contributed by atoms with Gasteiger partial charge in [-0.3, -0.25) is 0 Å². The summed E-state index contributed by atoms with van der Waals surface area (Å²) in [7, 11) is 0. The molecule has 0 atom stereocenters. The van der Waals surface area contributed by atoms with Gasteiger partial charge in [0, 0.05) is 33.5 Å². The molecule has 0 spiro atoms. The van der Waals surface area contributed by atoms with Gasteiger partial charge in [0.1, 0.15) is 4.99 Å². The maximum absolute atomic E-state index is 13.2. The highest BCUT2D eigenvalue weighted by Gasteiger charge is 2.12. The predicted molar refractivity (Wildman–Crippen MR) is 79.6 cm³/mol. The minimum Gasteiger partial charge on any atom is -0.389 e. The molecule has 0 fully saturated rings. The third-order valence-corrected chi connectivity index (χ3v) is 3.22. The van der Waals surface area contributed by atoms with Gasteiger partial charge in [-0.05, 0) is 18.2 Å². The molecule has 0 saturated carbocycles. The van der Waals surface area contributed by atoms with Crippen LogP contribution < -0.4 is 11.1 Å². The summed E-state index contributed by atoms with van der Waals surface area (Å²) in [6.45, 7) is 0. The zero-order chi connectivity index (χ0) is 14.9.